The molecule has 0 fully saturated rings. The molecular weight excluding hydrogens is 315 g/mol. The molecule has 0 atom stereocenters. The van der Waals surface area contributed by atoms with E-state index < -0.39 is 0 Å². The van der Waals surface area contributed by atoms with Gasteiger partial charge in [-0.2, -0.15) is 0 Å². The van der Waals surface area contributed by atoms with Crippen molar-refractivity contribution in [1.29, 1.82) is 0 Å². The Balaban J connectivity index is 2.51. The van der Waals surface area contributed by atoms with Gasteiger partial charge in [-0.3, -0.25) is 4.79 Å². The molecule has 0 aliphatic carbocycles. The summed E-state index contributed by atoms with van der Waals surface area (Å²) in [5.74, 6) is 0.917. The molecular formula is C8H11IN2O2S. The predicted octanol–water partition coefficient (Wildman–Crippen LogP) is 1.50. The van der Waals surface area contributed by atoms with E-state index in [0.29, 0.717) is 3.57 Å². The quantitative estimate of drug-likeness (QED) is 0.386. The number of rotatable bonds is 5. The Morgan fingerprint density at radius 3 is 3.21 bits per heavy atom. The highest BCUT2D eigenvalue weighted by Gasteiger charge is 2.04. The minimum absolute atomic E-state index is 0.0742. The number of H-pyrrole nitrogens is 1. The highest BCUT2D eigenvalue weighted by Crippen LogP contribution is 2.18. The molecule has 0 radical (unpaired) electrons. The zero-order chi connectivity index (χ0) is 10.4. The topological polar surface area (TPSA) is 55.0 Å². The molecule has 4 nitrogen and oxygen atoms in total. The molecule has 1 aromatic rings. The van der Waals surface area contributed by atoms with Crippen molar-refractivity contribution >= 4 is 34.4 Å². The summed E-state index contributed by atoms with van der Waals surface area (Å²) in [6.07, 6.45) is 2.40. The minimum atomic E-state index is -0.0742. The van der Waals surface area contributed by atoms with E-state index in [-0.39, 0.29) is 5.56 Å². The number of ether oxygens (including phenoxy) is 1. The highest BCUT2D eigenvalue weighted by molar-refractivity contribution is 14.1. The lowest BCUT2D eigenvalue weighted by atomic mass is 10.5. The van der Waals surface area contributed by atoms with Crippen LogP contribution in [0.4, 0.5) is 0 Å². The fourth-order valence-electron chi connectivity index (χ4n) is 0.839. The summed E-state index contributed by atoms with van der Waals surface area (Å²) >= 11 is 3.59. The molecule has 6 heteroatoms. The van der Waals surface area contributed by atoms with Gasteiger partial charge in [-0.1, -0.05) is 0 Å². The van der Waals surface area contributed by atoms with Gasteiger partial charge in [-0.15, -0.1) is 11.8 Å². The first-order valence-corrected chi connectivity index (χ1v) is 6.17. The molecule has 0 spiro atoms. The zero-order valence-corrected chi connectivity index (χ0v) is 10.7. The Labute approximate surface area is 100.0 Å². The maximum Gasteiger partial charge on any atom is 0.265 e. The summed E-state index contributed by atoms with van der Waals surface area (Å²) < 4.78 is 5.59. The first kappa shape index (κ1) is 12.0. The largest absolute Gasteiger partial charge is 0.385 e. The SMILES string of the molecule is COCCCSc1nc[nH]c(=O)c1I. The second-order valence-electron chi connectivity index (χ2n) is 2.55. The van der Waals surface area contributed by atoms with Gasteiger partial charge < -0.3 is 9.72 Å². The van der Waals surface area contributed by atoms with E-state index >= 15 is 0 Å². The van der Waals surface area contributed by atoms with E-state index in [1.807, 2.05) is 22.6 Å². The van der Waals surface area contributed by atoms with Gasteiger partial charge in [0.05, 0.1) is 6.33 Å². The molecule has 78 valence electrons. The van der Waals surface area contributed by atoms with Crippen molar-refractivity contribution in [2.45, 2.75) is 11.4 Å². The van der Waals surface area contributed by atoms with Gasteiger partial charge in [0.25, 0.3) is 5.56 Å². The van der Waals surface area contributed by atoms with Gasteiger partial charge >= 0.3 is 0 Å². The maximum absolute atomic E-state index is 11.2. The summed E-state index contributed by atoms with van der Waals surface area (Å²) in [5.41, 5.74) is -0.0742. The molecule has 0 saturated heterocycles. The van der Waals surface area contributed by atoms with E-state index in [4.69, 9.17) is 4.74 Å². The summed E-state index contributed by atoms with van der Waals surface area (Å²) in [7, 11) is 1.68. The number of methoxy groups -OCH3 is 1. The van der Waals surface area contributed by atoms with Crippen LogP contribution in [0.15, 0.2) is 16.1 Å². The molecule has 0 bridgehead atoms. The van der Waals surface area contributed by atoms with Crippen LogP contribution in [-0.4, -0.2) is 29.4 Å². The summed E-state index contributed by atoms with van der Waals surface area (Å²) in [5, 5.41) is 0.797. The molecule has 1 N–H and O–H groups in total. The van der Waals surface area contributed by atoms with Crippen molar-refractivity contribution < 1.29 is 4.74 Å². The lowest BCUT2D eigenvalue weighted by Crippen LogP contribution is -2.11. The third kappa shape index (κ3) is 3.58. The van der Waals surface area contributed by atoms with E-state index in [9.17, 15) is 4.79 Å². The smallest absolute Gasteiger partial charge is 0.265 e. The number of nitrogens with one attached hydrogen (secondary N) is 1. The van der Waals surface area contributed by atoms with Crippen molar-refractivity contribution in [3.8, 4) is 0 Å². The van der Waals surface area contributed by atoms with Gasteiger partial charge in [0.1, 0.15) is 8.60 Å². The molecule has 1 rings (SSSR count). The number of nitrogens with zero attached hydrogens (tertiary/aromatic N) is 1. The first-order chi connectivity index (χ1) is 6.75. The average Bonchev–Trinajstić information content (AvgIpc) is 2.19. The number of aromatic nitrogens is 2. The number of thioether (sulfide) groups is 1. The van der Waals surface area contributed by atoms with Gasteiger partial charge in [0, 0.05) is 19.5 Å². The van der Waals surface area contributed by atoms with Crippen molar-refractivity contribution in [3.05, 3.63) is 20.3 Å². The number of aromatic amines is 1. The van der Waals surface area contributed by atoms with Crippen molar-refractivity contribution in [1.82, 2.24) is 9.97 Å². The molecule has 1 heterocycles. The van der Waals surface area contributed by atoms with E-state index in [0.717, 1.165) is 23.8 Å². The second kappa shape index (κ2) is 6.41. The van der Waals surface area contributed by atoms with E-state index in [2.05, 4.69) is 9.97 Å². The third-order valence-corrected chi connectivity index (χ3v) is 3.94. The van der Waals surface area contributed by atoms with Gasteiger partial charge in [-0.05, 0) is 29.0 Å². The molecule has 0 aliphatic rings. The van der Waals surface area contributed by atoms with Gasteiger partial charge in [-0.25, -0.2) is 4.98 Å². The molecule has 0 unspecified atom stereocenters. The standard InChI is InChI=1S/C8H11IN2O2S/c1-13-3-2-4-14-8-6(9)7(12)10-5-11-8/h5H,2-4H2,1H3,(H,10,11,12). The molecule has 0 amide bonds. The maximum atomic E-state index is 11.2. The Bertz CT molecular complexity index is 342. The molecule has 0 saturated carbocycles. The van der Waals surface area contributed by atoms with Crippen molar-refractivity contribution in [2.24, 2.45) is 0 Å². The minimum Gasteiger partial charge on any atom is -0.385 e. The van der Waals surface area contributed by atoms with Crippen LogP contribution in [0.1, 0.15) is 6.42 Å². The Hall–Kier alpha value is -0.0800. The number of halogens is 1. The fourth-order valence-corrected chi connectivity index (χ4v) is 2.40. The van der Waals surface area contributed by atoms with Crippen LogP contribution >= 0.6 is 34.4 Å². The lowest BCUT2D eigenvalue weighted by Gasteiger charge is -2.01. The monoisotopic (exact) mass is 326 g/mol. The summed E-state index contributed by atoms with van der Waals surface area (Å²) in [4.78, 5) is 17.8. The zero-order valence-electron chi connectivity index (χ0n) is 7.75. The first-order valence-electron chi connectivity index (χ1n) is 4.10. The lowest BCUT2D eigenvalue weighted by molar-refractivity contribution is 0.200. The van der Waals surface area contributed by atoms with Crippen LogP contribution in [0, 0.1) is 3.57 Å². The number of hydrogen-bond donors (Lipinski definition) is 1. The molecule has 0 aliphatic heterocycles. The average molecular weight is 326 g/mol. The number of hydrogen-bond acceptors (Lipinski definition) is 4. The molecule has 1 aromatic heterocycles. The van der Waals surface area contributed by atoms with Crippen LogP contribution in [-0.2, 0) is 4.74 Å². The summed E-state index contributed by atoms with van der Waals surface area (Å²) in [6, 6.07) is 0. The Kier molecular flexibility index (Phi) is 5.49. The summed E-state index contributed by atoms with van der Waals surface area (Å²) in [6.45, 7) is 0.743. The van der Waals surface area contributed by atoms with Crippen molar-refractivity contribution in [2.75, 3.05) is 19.5 Å². The van der Waals surface area contributed by atoms with Crippen LogP contribution < -0.4 is 5.56 Å². The van der Waals surface area contributed by atoms with Crippen molar-refractivity contribution in [3.63, 3.8) is 0 Å². The van der Waals surface area contributed by atoms with Crippen LogP contribution in [0.5, 0.6) is 0 Å². The Morgan fingerprint density at radius 1 is 1.71 bits per heavy atom. The predicted molar refractivity (Wildman–Crippen MR) is 64.8 cm³/mol. The highest BCUT2D eigenvalue weighted by atomic mass is 127. The molecule has 14 heavy (non-hydrogen) atoms. The van der Waals surface area contributed by atoms with Crippen LogP contribution in [0.25, 0.3) is 0 Å². The van der Waals surface area contributed by atoms with E-state index in [1.165, 1.54) is 6.33 Å². The van der Waals surface area contributed by atoms with Gasteiger partial charge in [0.2, 0.25) is 0 Å². The molecule has 0 aromatic carbocycles. The third-order valence-electron chi connectivity index (χ3n) is 1.50. The fraction of sp³-hybridized carbons (Fsp3) is 0.500. The van der Waals surface area contributed by atoms with E-state index in [1.54, 1.807) is 18.9 Å². The van der Waals surface area contributed by atoms with Gasteiger partial charge in [0.15, 0.2) is 0 Å². The second-order valence-corrected chi connectivity index (χ2v) is 4.71. The van der Waals surface area contributed by atoms with Crippen LogP contribution in [0.3, 0.4) is 0 Å². The normalized spacial score (nSPS) is 10.4. The Morgan fingerprint density at radius 2 is 2.50 bits per heavy atom. The van der Waals surface area contributed by atoms with Crippen LogP contribution in [0.2, 0.25) is 0 Å².